The molecule has 0 bridgehead atoms. The van der Waals surface area contributed by atoms with Crippen LogP contribution in [0.15, 0.2) is 29.4 Å². The first kappa shape index (κ1) is 17.7. The number of hydrogen-bond donors (Lipinski definition) is 1. The lowest BCUT2D eigenvalue weighted by molar-refractivity contribution is 0.407. The Morgan fingerprint density at radius 3 is 2.86 bits per heavy atom. The van der Waals surface area contributed by atoms with Gasteiger partial charge in [0.15, 0.2) is 0 Å². The second-order valence-corrected chi connectivity index (χ2v) is 5.34. The predicted octanol–water partition coefficient (Wildman–Crippen LogP) is 1.91. The van der Waals surface area contributed by atoms with Gasteiger partial charge in [0.05, 0.1) is 7.11 Å². The van der Waals surface area contributed by atoms with E-state index in [1.54, 1.807) is 23.6 Å². The van der Waals surface area contributed by atoms with Crippen LogP contribution in [0.3, 0.4) is 0 Å². The van der Waals surface area contributed by atoms with E-state index in [1.165, 1.54) is 5.56 Å². The van der Waals surface area contributed by atoms with Crippen LogP contribution in [0.4, 0.5) is 0 Å². The number of tetrazole rings is 1. The first-order valence-corrected chi connectivity index (χ1v) is 7.47. The number of aryl methyl sites for hydroxylation is 1. The molecule has 6 nitrogen and oxygen atoms in total. The van der Waals surface area contributed by atoms with Gasteiger partial charge in [-0.05, 0) is 29.5 Å². The van der Waals surface area contributed by atoms with Gasteiger partial charge in [-0.15, -0.1) is 17.5 Å². The van der Waals surface area contributed by atoms with E-state index in [4.69, 9.17) is 4.74 Å². The third kappa shape index (κ3) is 5.53. The van der Waals surface area contributed by atoms with Gasteiger partial charge < -0.3 is 10.1 Å². The van der Waals surface area contributed by atoms with E-state index < -0.39 is 0 Å². The number of nitrogens with zero attached hydrogens (tertiary/aromatic N) is 4. The average molecular weight is 330 g/mol. The number of rotatable bonds is 8. The molecule has 1 heterocycles. The lowest BCUT2D eigenvalue weighted by Crippen LogP contribution is -2.15. The molecule has 0 spiro atoms. The summed E-state index contributed by atoms with van der Waals surface area (Å²) in [7, 11) is 3.55. The van der Waals surface area contributed by atoms with Gasteiger partial charge in [-0.3, -0.25) is 0 Å². The number of hydrogen-bond acceptors (Lipinski definition) is 6. The maximum absolute atomic E-state index is 5.32. The van der Waals surface area contributed by atoms with Gasteiger partial charge in [-0.1, -0.05) is 30.0 Å². The Bertz CT molecular complexity index is 537. The van der Waals surface area contributed by atoms with Gasteiger partial charge in [-0.2, -0.15) is 0 Å². The van der Waals surface area contributed by atoms with Crippen molar-refractivity contribution in [1.82, 2.24) is 25.5 Å². The second kappa shape index (κ2) is 9.59. The molecule has 21 heavy (non-hydrogen) atoms. The summed E-state index contributed by atoms with van der Waals surface area (Å²) >= 11 is 1.67. The first-order valence-electron chi connectivity index (χ1n) is 6.49. The van der Waals surface area contributed by atoms with Crippen LogP contribution >= 0.6 is 24.2 Å². The molecule has 0 amide bonds. The molecular weight excluding hydrogens is 310 g/mol. The summed E-state index contributed by atoms with van der Waals surface area (Å²) in [4.78, 5) is 0. The van der Waals surface area contributed by atoms with E-state index in [0.717, 1.165) is 36.2 Å². The Labute approximate surface area is 135 Å². The number of methoxy groups -OCH3 is 1. The Morgan fingerprint density at radius 1 is 1.33 bits per heavy atom. The minimum atomic E-state index is 0. The van der Waals surface area contributed by atoms with E-state index in [1.807, 2.05) is 25.2 Å². The summed E-state index contributed by atoms with van der Waals surface area (Å²) in [6, 6.07) is 8.06. The van der Waals surface area contributed by atoms with E-state index in [0.29, 0.717) is 0 Å². The van der Waals surface area contributed by atoms with Gasteiger partial charge >= 0.3 is 0 Å². The fourth-order valence-corrected chi connectivity index (χ4v) is 2.57. The maximum atomic E-state index is 5.32. The minimum Gasteiger partial charge on any atom is -0.496 e. The van der Waals surface area contributed by atoms with Gasteiger partial charge in [-0.25, -0.2) is 4.68 Å². The molecule has 0 fully saturated rings. The van der Waals surface area contributed by atoms with Crippen molar-refractivity contribution in [1.29, 1.82) is 0 Å². The van der Waals surface area contributed by atoms with Crippen molar-refractivity contribution in [3.63, 3.8) is 0 Å². The molecule has 0 saturated carbocycles. The van der Waals surface area contributed by atoms with Gasteiger partial charge in [0, 0.05) is 24.9 Å². The molecule has 0 radical (unpaired) electrons. The second-order valence-electron chi connectivity index (χ2n) is 4.28. The smallest absolute Gasteiger partial charge is 0.209 e. The molecule has 8 heteroatoms. The molecule has 0 aliphatic carbocycles. The summed E-state index contributed by atoms with van der Waals surface area (Å²) in [5.74, 6) is 1.92. The van der Waals surface area contributed by atoms with Gasteiger partial charge in [0.25, 0.3) is 0 Å². The van der Waals surface area contributed by atoms with E-state index in [9.17, 15) is 0 Å². The standard InChI is InChI=1S/C13H19N5OS.ClH/c1-18-13(15-16-17-18)20-9-5-8-14-10-11-6-3-4-7-12(11)19-2;/h3-4,6-7,14H,5,8-10H2,1-2H3;1H. The Balaban J connectivity index is 0.00000220. The van der Waals surface area contributed by atoms with Crippen LogP contribution in [0.25, 0.3) is 0 Å². The Hall–Kier alpha value is -1.31. The van der Waals surface area contributed by atoms with Gasteiger partial charge in [0.1, 0.15) is 5.75 Å². The number of thioether (sulfide) groups is 1. The van der Waals surface area contributed by atoms with Crippen LogP contribution in [-0.2, 0) is 13.6 Å². The fourth-order valence-electron chi connectivity index (χ4n) is 1.78. The number of ether oxygens (including phenoxy) is 1. The molecule has 0 aliphatic heterocycles. The Kier molecular flexibility index (Phi) is 8.11. The number of nitrogens with one attached hydrogen (secondary N) is 1. The molecule has 2 rings (SSSR count). The van der Waals surface area contributed by atoms with Crippen molar-refractivity contribution in [2.45, 2.75) is 18.1 Å². The van der Waals surface area contributed by atoms with Crippen molar-refractivity contribution in [2.24, 2.45) is 7.05 Å². The number of para-hydroxylation sites is 1. The average Bonchev–Trinajstić information content (AvgIpc) is 2.88. The van der Waals surface area contributed by atoms with Crippen LogP contribution in [0, 0.1) is 0 Å². The lowest BCUT2D eigenvalue weighted by atomic mass is 10.2. The summed E-state index contributed by atoms with van der Waals surface area (Å²) in [5.41, 5.74) is 1.18. The summed E-state index contributed by atoms with van der Waals surface area (Å²) < 4.78 is 7.00. The van der Waals surface area contributed by atoms with Crippen LogP contribution in [0.5, 0.6) is 5.75 Å². The molecule has 2 aromatic rings. The molecule has 1 N–H and O–H groups in total. The summed E-state index contributed by atoms with van der Waals surface area (Å²) in [6.07, 6.45) is 1.06. The molecular formula is C13H20ClN5OS. The number of halogens is 1. The molecule has 116 valence electrons. The van der Waals surface area contributed by atoms with Crippen LogP contribution < -0.4 is 10.1 Å². The highest BCUT2D eigenvalue weighted by atomic mass is 35.5. The monoisotopic (exact) mass is 329 g/mol. The zero-order chi connectivity index (χ0) is 14.2. The quantitative estimate of drug-likeness (QED) is 0.589. The van der Waals surface area contributed by atoms with Crippen LogP contribution in [0.1, 0.15) is 12.0 Å². The highest BCUT2D eigenvalue weighted by molar-refractivity contribution is 7.99. The van der Waals surface area contributed by atoms with Crippen molar-refractivity contribution in [3.05, 3.63) is 29.8 Å². The molecule has 1 aromatic heterocycles. The highest BCUT2D eigenvalue weighted by Gasteiger charge is 2.03. The SMILES string of the molecule is COc1ccccc1CNCCCSc1nnnn1C.Cl. The normalized spacial score (nSPS) is 10.2. The van der Waals surface area contributed by atoms with Crippen LogP contribution in [-0.4, -0.2) is 39.6 Å². The molecule has 0 aliphatic rings. The maximum Gasteiger partial charge on any atom is 0.209 e. The largest absolute Gasteiger partial charge is 0.496 e. The topological polar surface area (TPSA) is 64.9 Å². The van der Waals surface area contributed by atoms with Gasteiger partial charge in [0.2, 0.25) is 5.16 Å². The van der Waals surface area contributed by atoms with E-state index in [-0.39, 0.29) is 12.4 Å². The van der Waals surface area contributed by atoms with Crippen molar-refractivity contribution >= 4 is 24.2 Å². The predicted molar refractivity (Wildman–Crippen MR) is 86.1 cm³/mol. The number of aromatic nitrogens is 4. The lowest BCUT2D eigenvalue weighted by Gasteiger charge is -2.09. The molecule has 0 unspecified atom stereocenters. The highest BCUT2D eigenvalue weighted by Crippen LogP contribution is 2.17. The fraction of sp³-hybridized carbons (Fsp3) is 0.462. The third-order valence-corrected chi connectivity index (χ3v) is 3.92. The van der Waals surface area contributed by atoms with Crippen molar-refractivity contribution in [3.8, 4) is 5.75 Å². The molecule has 1 aromatic carbocycles. The van der Waals surface area contributed by atoms with E-state index in [2.05, 4.69) is 26.9 Å². The van der Waals surface area contributed by atoms with Crippen molar-refractivity contribution in [2.75, 3.05) is 19.4 Å². The summed E-state index contributed by atoms with van der Waals surface area (Å²) in [5, 5.41) is 15.6. The number of benzene rings is 1. The third-order valence-electron chi connectivity index (χ3n) is 2.82. The molecule has 0 atom stereocenters. The zero-order valence-electron chi connectivity index (χ0n) is 12.2. The van der Waals surface area contributed by atoms with Crippen molar-refractivity contribution < 1.29 is 4.74 Å². The molecule has 0 saturated heterocycles. The zero-order valence-corrected chi connectivity index (χ0v) is 13.8. The van der Waals surface area contributed by atoms with E-state index >= 15 is 0 Å². The Morgan fingerprint density at radius 2 is 2.14 bits per heavy atom. The van der Waals surface area contributed by atoms with Crippen LogP contribution in [0.2, 0.25) is 0 Å². The minimum absolute atomic E-state index is 0. The summed E-state index contributed by atoms with van der Waals surface area (Å²) in [6.45, 7) is 1.77. The first-order chi connectivity index (χ1) is 9.81.